The molecule has 0 saturated heterocycles. The Morgan fingerprint density at radius 3 is 2.59 bits per heavy atom. The molecule has 0 atom stereocenters. The number of carbonyl (C=O) groups excluding carboxylic acids is 1. The second-order valence-corrected chi connectivity index (χ2v) is 3.72. The number of amides is 1. The average molecular weight is 239 g/mol. The maximum absolute atomic E-state index is 12.0. The summed E-state index contributed by atoms with van der Waals surface area (Å²) in [5.41, 5.74) is 0.0481. The molecule has 3 N–H and O–H groups in total. The van der Waals surface area contributed by atoms with Crippen LogP contribution >= 0.6 is 0 Å². The van der Waals surface area contributed by atoms with Crippen LogP contribution in [0.4, 0.5) is 0 Å². The molecule has 0 unspecified atom stereocenters. The zero-order valence-corrected chi connectivity index (χ0v) is 9.76. The van der Waals surface area contributed by atoms with Crippen molar-refractivity contribution in [2.75, 3.05) is 19.7 Å². The van der Waals surface area contributed by atoms with Crippen molar-refractivity contribution in [1.29, 1.82) is 0 Å². The summed E-state index contributed by atoms with van der Waals surface area (Å²) in [6.07, 6.45) is 0.755. The van der Waals surface area contributed by atoms with E-state index in [4.69, 9.17) is 5.11 Å². The highest BCUT2D eigenvalue weighted by atomic mass is 16.3. The van der Waals surface area contributed by atoms with Gasteiger partial charge >= 0.3 is 0 Å². The first-order valence-corrected chi connectivity index (χ1v) is 5.52. The number of phenolic OH excluding ortho intramolecular Hbond substituents is 2. The van der Waals surface area contributed by atoms with E-state index in [2.05, 4.69) is 0 Å². The van der Waals surface area contributed by atoms with Crippen LogP contribution < -0.4 is 0 Å². The number of rotatable bonds is 5. The summed E-state index contributed by atoms with van der Waals surface area (Å²) in [7, 11) is 0. The molecule has 0 aromatic heterocycles. The Hall–Kier alpha value is -1.75. The lowest BCUT2D eigenvalue weighted by molar-refractivity contribution is 0.0718. The van der Waals surface area contributed by atoms with Crippen molar-refractivity contribution in [3.8, 4) is 11.5 Å². The van der Waals surface area contributed by atoms with Gasteiger partial charge in [0.05, 0.1) is 12.2 Å². The van der Waals surface area contributed by atoms with Gasteiger partial charge in [-0.1, -0.05) is 6.92 Å². The molecule has 1 amide bonds. The van der Waals surface area contributed by atoms with Crippen LogP contribution in [0.1, 0.15) is 23.7 Å². The van der Waals surface area contributed by atoms with Gasteiger partial charge in [-0.2, -0.15) is 0 Å². The SMILES string of the molecule is CCCN(CCO)C(=O)c1cc(O)ccc1O. The van der Waals surface area contributed by atoms with E-state index in [0.29, 0.717) is 6.54 Å². The summed E-state index contributed by atoms with van der Waals surface area (Å²) in [5.74, 6) is -0.646. The minimum absolute atomic E-state index is 0.0481. The number of aromatic hydroxyl groups is 2. The Morgan fingerprint density at radius 1 is 1.29 bits per heavy atom. The van der Waals surface area contributed by atoms with Crippen LogP contribution in [0.5, 0.6) is 11.5 Å². The van der Waals surface area contributed by atoms with Crippen LogP contribution in [0.3, 0.4) is 0 Å². The monoisotopic (exact) mass is 239 g/mol. The molecular formula is C12H17NO4. The van der Waals surface area contributed by atoms with Gasteiger partial charge in [-0.05, 0) is 24.6 Å². The molecule has 5 nitrogen and oxygen atoms in total. The number of hydrogen-bond acceptors (Lipinski definition) is 4. The zero-order valence-electron chi connectivity index (χ0n) is 9.76. The molecule has 0 saturated carbocycles. The molecule has 0 aliphatic rings. The second-order valence-electron chi connectivity index (χ2n) is 3.72. The van der Waals surface area contributed by atoms with E-state index in [1.54, 1.807) is 0 Å². The van der Waals surface area contributed by atoms with Gasteiger partial charge in [0.1, 0.15) is 11.5 Å². The average Bonchev–Trinajstić information content (AvgIpc) is 2.31. The van der Waals surface area contributed by atoms with Gasteiger partial charge in [-0.15, -0.1) is 0 Å². The summed E-state index contributed by atoms with van der Waals surface area (Å²) in [5, 5.41) is 27.7. The Kier molecular flexibility index (Phi) is 4.78. The Labute approximate surface area is 99.9 Å². The summed E-state index contributed by atoms with van der Waals surface area (Å²) >= 11 is 0. The maximum Gasteiger partial charge on any atom is 0.257 e. The van der Waals surface area contributed by atoms with E-state index in [0.717, 1.165) is 6.42 Å². The molecular weight excluding hydrogens is 222 g/mol. The van der Waals surface area contributed by atoms with Crippen LogP contribution in [0, 0.1) is 0 Å². The quantitative estimate of drug-likeness (QED) is 0.668. The molecule has 0 radical (unpaired) electrons. The Bertz CT molecular complexity index is 386. The van der Waals surface area contributed by atoms with E-state index in [1.807, 2.05) is 6.92 Å². The van der Waals surface area contributed by atoms with Crippen molar-refractivity contribution in [2.45, 2.75) is 13.3 Å². The molecule has 1 aromatic carbocycles. The maximum atomic E-state index is 12.0. The minimum atomic E-state index is -0.394. The fraction of sp³-hybridized carbons (Fsp3) is 0.417. The third-order valence-electron chi connectivity index (χ3n) is 2.36. The Morgan fingerprint density at radius 2 is 2.00 bits per heavy atom. The van der Waals surface area contributed by atoms with Crippen molar-refractivity contribution in [2.24, 2.45) is 0 Å². The summed E-state index contributed by atoms with van der Waals surface area (Å²) in [6.45, 7) is 2.49. The molecule has 1 rings (SSSR count). The minimum Gasteiger partial charge on any atom is -0.508 e. The Balaban J connectivity index is 2.95. The fourth-order valence-electron chi connectivity index (χ4n) is 1.57. The lowest BCUT2D eigenvalue weighted by atomic mass is 10.1. The van der Waals surface area contributed by atoms with Gasteiger partial charge in [-0.3, -0.25) is 4.79 Å². The number of phenols is 2. The van der Waals surface area contributed by atoms with Crippen molar-refractivity contribution in [3.63, 3.8) is 0 Å². The summed E-state index contributed by atoms with van der Waals surface area (Å²) < 4.78 is 0. The number of benzene rings is 1. The number of aliphatic hydroxyl groups is 1. The van der Waals surface area contributed by atoms with Gasteiger partial charge < -0.3 is 20.2 Å². The standard InChI is InChI=1S/C12H17NO4/c1-2-5-13(6-7-14)12(17)10-8-9(15)3-4-11(10)16/h3-4,8,14-16H,2,5-7H2,1H3. The third kappa shape index (κ3) is 3.35. The fourth-order valence-corrected chi connectivity index (χ4v) is 1.57. The lowest BCUT2D eigenvalue weighted by Gasteiger charge is -2.21. The van der Waals surface area contributed by atoms with Crippen LogP contribution in [0.25, 0.3) is 0 Å². The molecule has 1 aromatic rings. The predicted molar refractivity (Wildman–Crippen MR) is 63.1 cm³/mol. The van der Waals surface area contributed by atoms with Gasteiger partial charge in [0.25, 0.3) is 5.91 Å². The first kappa shape index (κ1) is 13.3. The van der Waals surface area contributed by atoms with Crippen LogP contribution in [0.2, 0.25) is 0 Å². The first-order chi connectivity index (χ1) is 8.10. The van der Waals surface area contributed by atoms with E-state index < -0.39 is 5.91 Å². The largest absolute Gasteiger partial charge is 0.508 e. The lowest BCUT2D eigenvalue weighted by Crippen LogP contribution is -2.34. The van der Waals surface area contributed by atoms with Crippen LogP contribution in [0.15, 0.2) is 18.2 Å². The van der Waals surface area contributed by atoms with Crippen molar-refractivity contribution >= 4 is 5.91 Å². The summed E-state index contributed by atoms with van der Waals surface area (Å²) in [4.78, 5) is 13.5. The van der Waals surface area contributed by atoms with Gasteiger partial charge in [0, 0.05) is 13.1 Å². The van der Waals surface area contributed by atoms with Gasteiger partial charge in [0.15, 0.2) is 0 Å². The molecule has 5 heteroatoms. The number of hydrogen-bond donors (Lipinski definition) is 3. The third-order valence-corrected chi connectivity index (χ3v) is 2.36. The van der Waals surface area contributed by atoms with Crippen LogP contribution in [-0.4, -0.2) is 45.8 Å². The van der Waals surface area contributed by atoms with E-state index in [-0.39, 0.29) is 30.2 Å². The van der Waals surface area contributed by atoms with Gasteiger partial charge in [-0.25, -0.2) is 0 Å². The zero-order chi connectivity index (χ0) is 12.8. The molecule has 0 aliphatic heterocycles. The van der Waals surface area contributed by atoms with E-state index in [9.17, 15) is 15.0 Å². The number of aliphatic hydroxyl groups excluding tert-OH is 1. The topological polar surface area (TPSA) is 81.0 Å². The predicted octanol–water partition coefficient (Wildman–Crippen LogP) is 0.942. The van der Waals surface area contributed by atoms with Crippen molar-refractivity contribution in [3.05, 3.63) is 23.8 Å². The molecule has 94 valence electrons. The highest BCUT2D eigenvalue weighted by Crippen LogP contribution is 2.23. The number of carbonyl (C=O) groups is 1. The van der Waals surface area contributed by atoms with E-state index >= 15 is 0 Å². The molecule has 0 spiro atoms. The highest BCUT2D eigenvalue weighted by Gasteiger charge is 2.18. The van der Waals surface area contributed by atoms with Crippen molar-refractivity contribution in [1.82, 2.24) is 4.90 Å². The molecule has 0 bridgehead atoms. The molecule has 0 fully saturated rings. The first-order valence-electron chi connectivity index (χ1n) is 5.52. The smallest absolute Gasteiger partial charge is 0.257 e. The highest BCUT2D eigenvalue weighted by molar-refractivity contribution is 5.97. The normalized spacial score (nSPS) is 10.2. The molecule has 0 heterocycles. The summed E-state index contributed by atoms with van der Waals surface area (Å²) in [6, 6.07) is 3.80. The van der Waals surface area contributed by atoms with E-state index in [1.165, 1.54) is 23.1 Å². The van der Waals surface area contributed by atoms with Crippen LogP contribution in [-0.2, 0) is 0 Å². The number of nitrogens with zero attached hydrogens (tertiary/aromatic N) is 1. The molecule has 17 heavy (non-hydrogen) atoms. The van der Waals surface area contributed by atoms with Gasteiger partial charge in [0.2, 0.25) is 0 Å². The second kappa shape index (κ2) is 6.10. The van der Waals surface area contributed by atoms with Crippen molar-refractivity contribution < 1.29 is 20.1 Å². The molecule has 0 aliphatic carbocycles.